The Kier molecular flexibility index (Phi) is 13.8. The first kappa shape index (κ1) is 29.2. The molecule has 2 rings (SSSR count). The van der Waals surface area contributed by atoms with E-state index in [9.17, 15) is 4.79 Å². The highest BCUT2D eigenvalue weighted by atomic mass is 127. The van der Waals surface area contributed by atoms with Crippen molar-refractivity contribution in [2.75, 3.05) is 53.4 Å². The number of nitrogens with zero attached hydrogens (tertiary/aromatic N) is 3. The molecule has 0 unspecified atom stereocenters. The number of likely N-dealkylation sites (tertiary alicyclic amines) is 1. The van der Waals surface area contributed by atoms with Crippen LogP contribution in [0.2, 0.25) is 0 Å². The number of guanidine groups is 1. The van der Waals surface area contributed by atoms with Crippen molar-refractivity contribution in [2.45, 2.75) is 83.5 Å². The molecule has 0 bridgehead atoms. The van der Waals surface area contributed by atoms with Crippen LogP contribution in [0.5, 0.6) is 0 Å². The van der Waals surface area contributed by atoms with Gasteiger partial charge in [-0.05, 0) is 59.9 Å². The van der Waals surface area contributed by atoms with Crippen molar-refractivity contribution in [1.29, 1.82) is 0 Å². The fourth-order valence-corrected chi connectivity index (χ4v) is 4.27. The van der Waals surface area contributed by atoms with Crippen LogP contribution in [-0.4, -0.2) is 93.0 Å². The molecule has 2 aliphatic rings. The van der Waals surface area contributed by atoms with Crippen molar-refractivity contribution in [1.82, 2.24) is 20.4 Å². The number of rotatable bonds is 9. The van der Waals surface area contributed by atoms with E-state index in [4.69, 9.17) is 9.47 Å². The summed E-state index contributed by atoms with van der Waals surface area (Å²) in [5, 5.41) is 6.31. The number of alkyl carbamates (subject to hydrolysis) is 1. The Morgan fingerprint density at radius 1 is 1.09 bits per heavy atom. The minimum absolute atomic E-state index is 0. The minimum atomic E-state index is -0.462. The SMILES string of the molecule is CN=C(NCCN(C)C1CCCC1)N1CCC(OCCCNC(=O)OC(C)(C)C)CC1.I. The number of piperidine rings is 1. The molecule has 0 atom stereocenters. The second-order valence-corrected chi connectivity index (χ2v) is 9.73. The Labute approximate surface area is 212 Å². The molecule has 2 fully saturated rings. The van der Waals surface area contributed by atoms with Crippen LogP contribution in [0, 0.1) is 0 Å². The fraction of sp³-hybridized carbons (Fsp3) is 0.913. The monoisotopic (exact) mass is 567 g/mol. The molecule has 1 saturated carbocycles. The quantitative estimate of drug-likeness (QED) is 0.193. The molecule has 1 aliphatic heterocycles. The van der Waals surface area contributed by atoms with Gasteiger partial charge in [0, 0.05) is 52.4 Å². The van der Waals surface area contributed by atoms with E-state index in [1.54, 1.807) is 0 Å². The predicted octanol–water partition coefficient (Wildman–Crippen LogP) is 3.45. The largest absolute Gasteiger partial charge is 0.444 e. The Bertz CT molecular complexity index is 556. The van der Waals surface area contributed by atoms with Crippen molar-refractivity contribution in [2.24, 2.45) is 4.99 Å². The average molecular weight is 568 g/mol. The van der Waals surface area contributed by atoms with Crippen molar-refractivity contribution >= 4 is 36.0 Å². The normalized spacial score (nSPS) is 18.6. The first-order chi connectivity index (χ1) is 14.8. The van der Waals surface area contributed by atoms with Gasteiger partial charge in [0.05, 0.1) is 6.10 Å². The summed E-state index contributed by atoms with van der Waals surface area (Å²) in [6.07, 6.45) is 8.15. The van der Waals surface area contributed by atoms with Crippen LogP contribution in [0.4, 0.5) is 4.79 Å². The predicted molar refractivity (Wildman–Crippen MR) is 141 cm³/mol. The van der Waals surface area contributed by atoms with Gasteiger partial charge in [0.25, 0.3) is 0 Å². The van der Waals surface area contributed by atoms with Crippen LogP contribution in [0.25, 0.3) is 0 Å². The highest BCUT2D eigenvalue weighted by Crippen LogP contribution is 2.21. The van der Waals surface area contributed by atoms with Crippen molar-refractivity contribution in [3.63, 3.8) is 0 Å². The number of aliphatic imine (C=N–C) groups is 1. The van der Waals surface area contributed by atoms with E-state index in [1.807, 2.05) is 27.8 Å². The first-order valence-electron chi connectivity index (χ1n) is 12.0. The molecule has 32 heavy (non-hydrogen) atoms. The summed E-state index contributed by atoms with van der Waals surface area (Å²) in [7, 11) is 4.11. The van der Waals surface area contributed by atoms with E-state index < -0.39 is 5.60 Å². The van der Waals surface area contributed by atoms with Gasteiger partial charge in [0.15, 0.2) is 5.96 Å². The summed E-state index contributed by atoms with van der Waals surface area (Å²) in [4.78, 5) is 20.9. The molecule has 0 spiro atoms. The zero-order chi connectivity index (χ0) is 22.7. The van der Waals surface area contributed by atoms with Crippen LogP contribution in [0.15, 0.2) is 4.99 Å². The van der Waals surface area contributed by atoms with E-state index in [0.29, 0.717) is 13.2 Å². The molecule has 9 heteroatoms. The van der Waals surface area contributed by atoms with E-state index in [2.05, 4.69) is 32.5 Å². The van der Waals surface area contributed by atoms with Crippen LogP contribution in [0.3, 0.4) is 0 Å². The smallest absolute Gasteiger partial charge is 0.407 e. The molecule has 8 nitrogen and oxygen atoms in total. The molecule has 1 amide bonds. The van der Waals surface area contributed by atoms with Crippen molar-refractivity contribution < 1.29 is 14.3 Å². The Morgan fingerprint density at radius 2 is 1.75 bits per heavy atom. The molecular formula is C23H46IN5O3. The van der Waals surface area contributed by atoms with E-state index in [-0.39, 0.29) is 36.2 Å². The number of hydrogen-bond acceptors (Lipinski definition) is 5. The fourth-order valence-electron chi connectivity index (χ4n) is 4.27. The number of likely N-dealkylation sites (N-methyl/N-ethyl adjacent to an activating group) is 1. The van der Waals surface area contributed by atoms with Crippen LogP contribution < -0.4 is 10.6 Å². The molecule has 1 saturated heterocycles. The van der Waals surface area contributed by atoms with E-state index in [0.717, 1.165) is 57.4 Å². The lowest BCUT2D eigenvalue weighted by molar-refractivity contribution is 0.0170. The van der Waals surface area contributed by atoms with Gasteiger partial charge in [-0.25, -0.2) is 4.79 Å². The standard InChI is InChI=1S/C23H45N5O3.HI/c1-23(2,3)31-22(29)26-13-8-18-30-20-11-15-28(16-12-20)21(24-4)25-14-17-27(5)19-9-6-7-10-19;/h19-20H,6-18H2,1-5H3,(H,24,25)(H,26,29);1H. The van der Waals surface area contributed by atoms with Gasteiger partial charge in [-0.2, -0.15) is 0 Å². The Balaban J connectivity index is 0.00000512. The summed E-state index contributed by atoms with van der Waals surface area (Å²) in [6, 6.07) is 0.760. The van der Waals surface area contributed by atoms with Crippen LogP contribution in [-0.2, 0) is 9.47 Å². The maximum absolute atomic E-state index is 11.6. The second-order valence-electron chi connectivity index (χ2n) is 9.73. The highest BCUT2D eigenvalue weighted by molar-refractivity contribution is 14.0. The number of amides is 1. The molecule has 0 aromatic rings. The summed E-state index contributed by atoms with van der Waals surface area (Å²) < 4.78 is 11.2. The molecular weight excluding hydrogens is 521 g/mol. The van der Waals surface area contributed by atoms with Crippen molar-refractivity contribution in [3.8, 4) is 0 Å². The zero-order valence-electron chi connectivity index (χ0n) is 20.8. The minimum Gasteiger partial charge on any atom is -0.444 e. The van der Waals surface area contributed by atoms with Gasteiger partial charge in [-0.1, -0.05) is 12.8 Å². The number of ether oxygens (including phenoxy) is 2. The van der Waals surface area contributed by atoms with Gasteiger partial charge in [-0.15, -0.1) is 24.0 Å². The van der Waals surface area contributed by atoms with Gasteiger partial charge in [-0.3, -0.25) is 4.99 Å². The summed E-state index contributed by atoms with van der Waals surface area (Å²) in [5.74, 6) is 1.000. The molecule has 0 radical (unpaired) electrons. The Hall–Kier alpha value is -0.810. The third-order valence-corrected chi connectivity index (χ3v) is 5.99. The summed E-state index contributed by atoms with van der Waals surface area (Å²) in [5.41, 5.74) is -0.462. The van der Waals surface area contributed by atoms with Gasteiger partial charge in [0.2, 0.25) is 0 Å². The number of carbonyl (C=O) groups is 1. The average Bonchev–Trinajstić information content (AvgIpc) is 3.25. The number of carbonyl (C=O) groups excluding carboxylic acids is 1. The van der Waals surface area contributed by atoms with E-state index >= 15 is 0 Å². The first-order valence-corrected chi connectivity index (χ1v) is 12.0. The zero-order valence-corrected chi connectivity index (χ0v) is 23.2. The number of nitrogens with one attached hydrogen (secondary N) is 2. The highest BCUT2D eigenvalue weighted by Gasteiger charge is 2.23. The molecule has 2 N–H and O–H groups in total. The van der Waals surface area contributed by atoms with Gasteiger partial charge >= 0.3 is 6.09 Å². The second kappa shape index (κ2) is 15.2. The molecule has 1 heterocycles. The maximum Gasteiger partial charge on any atom is 0.407 e. The third kappa shape index (κ3) is 11.4. The lowest BCUT2D eigenvalue weighted by Crippen LogP contribution is -2.48. The van der Waals surface area contributed by atoms with Gasteiger partial charge in [0.1, 0.15) is 5.60 Å². The summed E-state index contributed by atoms with van der Waals surface area (Å²) in [6.45, 7) is 10.7. The Morgan fingerprint density at radius 3 is 2.34 bits per heavy atom. The molecule has 188 valence electrons. The van der Waals surface area contributed by atoms with Crippen molar-refractivity contribution in [3.05, 3.63) is 0 Å². The molecule has 0 aromatic heterocycles. The lowest BCUT2D eigenvalue weighted by atomic mass is 10.1. The summed E-state index contributed by atoms with van der Waals surface area (Å²) >= 11 is 0. The van der Waals surface area contributed by atoms with Gasteiger partial charge < -0.3 is 29.9 Å². The lowest BCUT2D eigenvalue weighted by Gasteiger charge is -2.34. The number of hydrogen-bond donors (Lipinski definition) is 2. The van der Waals surface area contributed by atoms with Crippen LogP contribution >= 0.6 is 24.0 Å². The van der Waals surface area contributed by atoms with Crippen LogP contribution in [0.1, 0.15) is 65.7 Å². The number of halogens is 1. The molecule has 0 aromatic carbocycles. The topological polar surface area (TPSA) is 78.4 Å². The molecule has 1 aliphatic carbocycles. The van der Waals surface area contributed by atoms with E-state index in [1.165, 1.54) is 25.7 Å². The third-order valence-electron chi connectivity index (χ3n) is 5.99. The maximum atomic E-state index is 11.6.